The van der Waals surface area contributed by atoms with Gasteiger partial charge in [-0.05, 0) is 25.0 Å². The zero-order chi connectivity index (χ0) is 12.7. The Balaban J connectivity index is 2.69. The first-order valence-corrected chi connectivity index (χ1v) is 5.65. The molecule has 0 fully saturated rings. The third kappa shape index (κ3) is 4.03. The summed E-state index contributed by atoms with van der Waals surface area (Å²) in [7, 11) is 0. The summed E-state index contributed by atoms with van der Waals surface area (Å²) in [6.45, 7) is 0.475. The number of unbranched alkanes of at least 4 members (excludes halogenated alkanes) is 1. The zero-order valence-corrected chi connectivity index (χ0v) is 9.85. The van der Waals surface area contributed by atoms with Gasteiger partial charge in [-0.2, -0.15) is 0 Å². The molecular formula is C11H12ClNO4. The predicted molar refractivity (Wildman–Crippen MR) is 63.9 cm³/mol. The summed E-state index contributed by atoms with van der Waals surface area (Å²) in [5.41, 5.74) is -0.196. The fourth-order valence-electron chi connectivity index (χ4n) is 1.27. The third-order valence-electron chi connectivity index (χ3n) is 2.12. The number of alkyl halides is 1. The summed E-state index contributed by atoms with van der Waals surface area (Å²) in [4.78, 5) is 20.7. The van der Waals surface area contributed by atoms with Crippen molar-refractivity contribution < 1.29 is 14.5 Å². The summed E-state index contributed by atoms with van der Waals surface area (Å²) < 4.78 is 5.35. The van der Waals surface area contributed by atoms with E-state index in [1.807, 2.05) is 0 Å². The van der Waals surface area contributed by atoms with E-state index < -0.39 is 4.92 Å². The molecule has 0 radical (unpaired) electrons. The number of nitro benzene ring substituents is 1. The maximum atomic E-state index is 10.7. The molecule has 0 heterocycles. The quantitative estimate of drug-likeness (QED) is 0.248. The molecule has 5 nitrogen and oxygen atoms in total. The molecule has 0 aliphatic rings. The van der Waals surface area contributed by atoms with Crippen molar-refractivity contribution in [1.29, 1.82) is 0 Å². The number of halogens is 1. The summed E-state index contributed by atoms with van der Waals surface area (Å²) >= 11 is 5.51. The van der Waals surface area contributed by atoms with Gasteiger partial charge in [0.25, 0.3) is 5.69 Å². The Morgan fingerprint density at radius 1 is 1.41 bits per heavy atom. The second-order valence-electron chi connectivity index (χ2n) is 3.34. The standard InChI is InChI=1S/C11H12ClNO4/c12-5-1-2-6-17-10-3-4-11(13(15)16)9(7-10)8-14/h3-4,7-8H,1-2,5-6H2. The minimum Gasteiger partial charge on any atom is -0.494 e. The molecule has 17 heavy (non-hydrogen) atoms. The zero-order valence-electron chi connectivity index (χ0n) is 9.10. The van der Waals surface area contributed by atoms with Crippen LogP contribution in [0.25, 0.3) is 0 Å². The van der Waals surface area contributed by atoms with Crippen molar-refractivity contribution in [3.8, 4) is 5.75 Å². The van der Waals surface area contributed by atoms with E-state index in [9.17, 15) is 14.9 Å². The molecule has 1 aromatic carbocycles. The fourth-order valence-corrected chi connectivity index (χ4v) is 1.46. The molecule has 0 aromatic heterocycles. The molecule has 0 spiro atoms. The van der Waals surface area contributed by atoms with E-state index in [4.69, 9.17) is 16.3 Å². The SMILES string of the molecule is O=Cc1cc(OCCCCCl)ccc1[N+](=O)[O-]. The van der Waals surface area contributed by atoms with Crippen LogP contribution >= 0.6 is 11.6 Å². The molecule has 92 valence electrons. The van der Waals surface area contributed by atoms with Gasteiger partial charge in [0.15, 0.2) is 6.29 Å². The first kappa shape index (κ1) is 13.4. The Morgan fingerprint density at radius 2 is 2.18 bits per heavy atom. The molecule has 0 aliphatic carbocycles. The van der Waals surface area contributed by atoms with Gasteiger partial charge in [-0.1, -0.05) is 0 Å². The Labute approximate surface area is 103 Å². The highest BCUT2D eigenvalue weighted by molar-refractivity contribution is 6.17. The van der Waals surface area contributed by atoms with Crippen molar-refractivity contribution in [2.45, 2.75) is 12.8 Å². The van der Waals surface area contributed by atoms with Crippen LogP contribution in [0.5, 0.6) is 5.75 Å². The van der Waals surface area contributed by atoms with Gasteiger partial charge in [0.2, 0.25) is 0 Å². The van der Waals surface area contributed by atoms with Crippen LogP contribution in [0.3, 0.4) is 0 Å². The van der Waals surface area contributed by atoms with Crippen LogP contribution in [0.15, 0.2) is 18.2 Å². The number of aldehydes is 1. The van der Waals surface area contributed by atoms with E-state index in [1.54, 1.807) is 0 Å². The first-order valence-electron chi connectivity index (χ1n) is 5.11. The van der Waals surface area contributed by atoms with E-state index in [-0.39, 0.29) is 11.3 Å². The van der Waals surface area contributed by atoms with Gasteiger partial charge in [-0.25, -0.2) is 0 Å². The number of nitro groups is 1. The molecule has 6 heteroatoms. The summed E-state index contributed by atoms with van der Waals surface area (Å²) in [6, 6.07) is 4.11. The lowest BCUT2D eigenvalue weighted by Gasteiger charge is -2.05. The van der Waals surface area contributed by atoms with Crippen LogP contribution in [0.1, 0.15) is 23.2 Å². The monoisotopic (exact) mass is 257 g/mol. The minimum absolute atomic E-state index is 0.0184. The maximum absolute atomic E-state index is 10.7. The molecule has 0 amide bonds. The van der Waals surface area contributed by atoms with Gasteiger partial charge >= 0.3 is 0 Å². The number of hydrogen-bond acceptors (Lipinski definition) is 4. The molecule has 0 atom stereocenters. The van der Waals surface area contributed by atoms with Crippen LogP contribution in [0.2, 0.25) is 0 Å². The Hall–Kier alpha value is -1.62. The summed E-state index contributed by atoms with van der Waals surface area (Å²) in [5.74, 6) is 1.02. The van der Waals surface area contributed by atoms with Crippen LogP contribution in [-0.4, -0.2) is 23.7 Å². The third-order valence-corrected chi connectivity index (χ3v) is 2.39. The van der Waals surface area contributed by atoms with Crippen molar-refractivity contribution in [2.24, 2.45) is 0 Å². The van der Waals surface area contributed by atoms with Crippen molar-refractivity contribution in [2.75, 3.05) is 12.5 Å². The lowest BCUT2D eigenvalue weighted by Crippen LogP contribution is -2.00. The molecule has 0 bridgehead atoms. The Bertz CT molecular complexity index is 408. The average molecular weight is 258 g/mol. The van der Waals surface area contributed by atoms with Crippen molar-refractivity contribution in [1.82, 2.24) is 0 Å². The Morgan fingerprint density at radius 3 is 2.76 bits per heavy atom. The molecule has 0 aliphatic heterocycles. The number of carbonyl (C=O) groups excluding carboxylic acids is 1. The molecule has 0 N–H and O–H groups in total. The van der Waals surface area contributed by atoms with E-state index >= 15 is 0 Å². The van der Waals surface area contributed by atoms with Crippen LogP contribution in [0.4, 0.5) is 5.69 Å². The maximum Gasteiger partial charge on any atom is 0.280 e. The lowest BCUT2D eigenvalue weighted by molar-refractivity contribution is -0.385. The average Bonchev–Trinajstić information content (AvgIpc) is 2.34. The molecule has 1 rings (SSSR count). The van der Waals surface area contributed by atoms with Crippen LogP contribution in [0, 0.1) is 10.1 Å². The smallest absolute Gasteiger partial charge is 0.280 e. The molecule has 0 saturated carbocycles. The van der Waals surface area contributed by atoms with Crippen LogP contribution < -0.4 is 4.74 Å². The number of rotatable bonds is 7. The first-order chi connectivity index (χ1) is 8.19. The second-order valence-corrected chi connectivity index (χ2v) is 3.72. The number of hydrogen-bond donors (Lipinski definition) is 0. The van der Waals surface area contributed by atoms with E-state index in [0.29, 0.717) is 24.5 Å². The van der Waals surface area contributed by atoms with Gasteiger partial charge < -0.3 is 4.74 Å². The van der Waals surface area contributed by atoms with Gasteiger partial charge in [0.05, 0.1) is 17.1 Å². The van der Waals surface area contributed by atoms with Crippen molar-refractivity contribution in [3.05, 3.63) is 33.9 Å². The highest BCUT2D eigenvalue weighted by Gasteiger charge is 2.13. The second kappa shape index (κ2) is 6.85. The molecule has 1 aromatic rings. The van der Waals surface area contributed by atoms with Crippen molar-refractivity contribution >= 4 is 23.6 Å². The Kier molecular flexibility index (Phi) is 5.42. The minimum atomic E-state index is -0.596. The predicted octanol–water partition coefficient (Wildman–Crippen LogP) is 2.81. The van der Waals surface area contributed by atoms with Gasteiger partial charge in [-0.3, -0.25) is 14.9 Å². The highest BCUT2D eigenvalue weighted by atomic mass is 35.5. The number of benzene rings is 1. The van der Waals surface area contributed by atoms with Crippen LogP contribution in [-0.2, 0) is 0 Å². The fraction of sp³-hybridized carbons (Fsp3) is 0.364. The molecule has 0 saturated heterocycles. The van der Waals surface area contributed by atoms with Gasteiger partial charge in [0.1, 0.15) is 5.75 Å². The van der Waals surface area contributed by atoms with Gasteiger partial charge in [-0.15, -0.1) is 11.6 Å². The normalized spacial score (nSPS) is 9.94. The molecular weight excluding hydrogens is 246 g/mol. The van der Waals surface area contributed by atoms with E-state index in [1.165, 1.54) is 18.2 Å². The van der Waals surface area contributed by atoms with E-state index in [2.05, 4.69) is 0 Å². The number of carbonyl (C=O) groups is 1. The summed E-state index contributed by atoms with van der Waals surface area (Å²) in [6.07, 6.45) is 2.09. The highest BCUT2D eigenvalue weighted by Crippen LogP contribution is 2.22. The topological polar surface area (TPSA) is 69.4 Å². The number of nitrogens with zero attached hydrogens (tertiary/aromatic N) is 1. The van der Waals surface area contributed by atoms with Crippen molar-refractivity contribution in [3.63, 3.8) is 0 Å². The largest absolute Gasteiger partial charge is 0.494 e. The summed E-state index contributed by atoms with van der Waals surface area (Å²) in [5, 5.41) is 10.6. The number of ether oxygens (including phenoxy) is 1. The lowest BCUT2D eigenvalue weighted by atomic mass is 10.2. The van der Waals surface area contributed by atoms with Gasteiger partial charge in [0, 0.05) is 11.9 Å². The molecule has 0 unspecified atom stereocenters. The van der Waals surface area contributed by atoms with E-state index in [0.717, 1.165) is 12.8 Å².